The van der Waals surface area contributed by atoms with Gasteiger partial charge in [0.05, 0.1) is 0 Å². The van der Waals surface area contributed by atoms with Crippen molar-refractivity contribution in [1.82, 2.24) is 0 Å². The molecule has 0 atom stereocenters. The van der Waals surface area contributed by atoms with Crippen molar-refractivity contribution in [2.24, 2.45) is 0 Å². The number of fused-ring (bicyclic) bond motifs is 1. The van der Waals surface area contributed by atoms with Gasteiger partial charge in [-0.1, -0.05) is 24.3 Å². The first-order chi connectivity index (χ1) is 9.70. The Bertz CT molecular complexity index is 736. The van der Waals surface area contributed by atoms with Crippen LogP contribution < -0.4 is 4.74 Å². The van der Waals surface area contributed by atoms with Gasteiger partial charge in [-0.15, -0.1) is 0 Å². The van der Waals surface area contributed by atoms with Gasteiger partial charge >= 0.3 is 0 Å². The van der Waals surface area contributed by atoms with Crippen LogP contribution in [-0.4, -0.2) is 5.11 Å². The van der Waals surface area contributed by atoms with Gasteiger partial charge in [0.25, 0.3) is 0 Å². The number of aromatic hydroxyl groups is 1. The first-order valence-electron chi connectivity index (χ1n) is 6.31. The molecular weight excluding hydrogens is 255 g/mol. The quantitative estimate of drug-likeness (QED) is 0.769. The molecule has 3 heteroatoms. The third kappa shape index (κ3) is 2.72. The second kappa shape index (κ2) is 5.21. The maximum atomic E-state index is 12.8. The first kappa shape index (κ1) is 12.5. The summed E-state index contributed by atoms with van der Waals surface area (Å²) >= 11 is 0. The lowest BCUT2D eigenvalue weighted by Gasteiger charge is -2.07. The maximum absolute atomic E-state index is 12.8. The zero-order chi connectivity index (χ0) is 13.9. The molecule has 0 radical (unpaired) electrons. The van der Waals surface area contributed by atoms with E-state index in [0.29, 0.717) is 12.4 Å². The van der Waals surface area contributed by atoms with Gasteiger partial charge in [-0.05, 0) is 52.7 Å². The Morgan fingerprint density at radius 1 is 0.850 bits per heavy atom. The molecule has 3 aromatic carbocycles. The van der Waals surface area contributed by atoms with Crippen LogP contribution in [0.15, 0.2) is 60.7 Å². The standard InChI is InChI=1S/C17H13FO2/c18-15-5-1-12(2-6-15)11-20-17-8-4-13-3-7-16(19)9-14(13)10-17/h1-10,19H,11H2. The van der Waals surface area contributed by atoms with Crippen LogP contribution in [0.5, 0.6) is 11.5 Å². The Labute approximate surface area is 116 Å². The third-order valence-electron chi connectivity index (χ3n) is 3.11. The summed E-state index contributed by atoms with van der Waals surface area (Å²) in [6, 6.07) is 17.1. The summed E-state index contributed by atoms with van der Waals surface area (Å²) in [5.41, 5.74) is 0.905. The molecule has 0 aliphatic heterocycles. The van der Waals surface area contributed by atoms with Crippen molar-refractivity contribution in [2.45, 2.75) is 6.61 Å². The molecule has 0 aromatic heterocycles. The zero-order valence-electron chi connectivity index (χ0n) is 10.7. The van der Waals surface area contributed by atoms with Crippen molar-refractivity contribution < 1.29 is 14.2 Å². The molecule has 0 aliphatic carbocycles. The van der Waals surface area contributed by atoms with Gasteiger partial charge in [0.2, 0.25) is 0 Å². The van der Waals surface area contributed by atoms with Gasteiger partial charge in [0.15, 0.2) is 0 Å². The summed E-state index contributed by atoms with van der Waals surface area (Å²) in [4.78, 5) is 0. The van der Waals surface area contributed by atoms with Crippen LogP contribution in [0.1, 0.15) is 5.56 Å². The molecule has 0 heterocycles. The Hall–Kier alpha value is -2.55. The largest absolute Gasteiger partial charge is 0.508 e. The molecule has 0 aliphatic rings. The third-order valence-corrected chi connectivity index (χ3v) is 3.11. The van der Waals surface area contributed by atoms with Gasteiger partial charge in [-0.2, -0.15) is 0 Å². The molecular formula is C17H13FO2. The summed E-state index contributed by atoms with van der Waals surface area (Å²) in [6.45, 7) is 0.380. The second-order valence-electron chi connectivity index (χ2n) is 4.61. The number of halogens is 1. The van der Waals surface area contributed by atoms with Crippen LogP contribution in [-0.2, 0) is 6.61 Å². The average molecular weight is 268 g/mol. The number of phenolic OH excluding ortho intramolecular Hbond substituents is 1. The smallest absolute Gasteiger partial charge is 0.123 e. The normalized spacial score (nSPS) is 10.7. The van der Waals surface area contributed by atoms with Crippen molar-refractivity contribution in [3.05, 3.63) is 72.0 Å². The summed E-state index contributed by atoms with van der Waals surface area (Å²) in [6.07, 6.45) is 0. The Balaban J connectivity index is 1.78. The molecule has 1 N–H and O–H groups in total. The van der Waals surface area contributed by atoms with E-state index >= 15 is 0 Å². The van der Waals surface area contributed by atoms with E-state index in [9.17, 15) is 9.50 Å². The monoisotopic (exact) mass is 268 g/mol. The maximum Gasteiger partial charge on any atom is 0.123 e. The minimum atomic E-state index is -0.255. The van der Waals surface area contributed by atoms with Gasteiger partial charge in [-0.25, -0.2) is 4.39 Å². The van der Waals surface area contributed by atoms with Crippen LogP contribution in [0, 0.1) is 5.82 Å². The van der Waals surface area contributed by atoms with Crippen molar-refractivity contribution in [3.8, 4) is 11.5 Å². The van der Waals surface area contributed by atoms with Gasteiger partial charge in [0.1, 0.15) is 23.9 Å². The predicted octanol–water partition coefficient (Wildman–Crippen LogP) is 4.26. The average Bonchev–Trinajstić information content (AvgIpc) is 2.46. The van der Waals surface area contributed by atoms with Gasteiger partial charge in [0, 0.05) is 0 Å². The minimum absolute atomic E-state index is 0.230. The molecule has 2 nitrogen and oxygen atoms in total. The Morgan fingerprint density at radius 2 is 1.60 bits per heavy atom. The number of phenols is 1. The van der Waals surface area contributed by atoms with E-state index in [2.05, 4.69) is 0 Å². The molecule has 0 bridgehead atoms. The highest BCUT2D eigenvalue weighted by Gasteiger charge is 2.00. The fraction of sp³-hybridized carbons (Fsp3) is 0.0588. The molecule has 0 unspecified atom stereocenters. The Kier molecular flexibility index (Phi) is 3.25. The molecule has 3 aromatic rings. The molecule has 0 saturated heterocycles. The fourth-order valence-corrected chi connectivity index (χ4v) is 2.05. The van der Waals surface area contributed by atoms with Crippen molar-refractivity contribution in [2.75, 3.05) is 0 Å². The number of rotatable bonds is 3. The van der Waals surface area contributed by atoms with Crippen molar-refractivity contribution >= 4 is 10.8 Å². The fourth-order valence-electron chi connectivity index (χ4n) is 2.05. The highest BCUT2D eigenvalue weighted by molar-refractivity contribution is 5.85. The molecule has 20 heavy (non-hydrogen) atoms. The number of hydrogen-bond donors (Lipinski definition) is 1. The molecule has 0 amide bonds. The molecule has 0 fully saturated rings. The number of benzene rings is 3. The zero-order valence-corrected chi connectivity index (χ0v) is 10.7. The summed E-state index contributed by atoms with van der Waals surface area (Å²) in [5.74, 6) is 0.690. The van der Waals surface area contributed by atoms with E-state index in [1.165, 1.54) is 12.1 Å². The Morgan fingerprint density at radius 3 is 2.40 bits per heavy atom. The van der Waals surface area contributed by atoms with E-state index < -0.39 is 0 Å². The van der Waals surface area contributed by atoms with Crippen LogP contribution in [0.3, 0.4) is 0 Å². The summed E-state index contributed by atoms with van der Waals surface area (Å²) < 4.78 is 18.5. The van der Waals surface area contributed by atoms with E-state index in [1.54, 1.807) is 24.3 Å². The summed E-state index contributed by atoms with van der Waals surface area (Å²) in [5, 5.41) is 11.4. The number of ether oxygens (including phenoxy) is 1. The van der Waals surface area contributed by atoms with Crippen LogP contribution in [0.25, 0.3) is 10.8 Å². The first-order valence-corrected chi connectivity index (χ1v) is 6.31. The highest BCUT2D eigenvalue weighted by Crippen LogP contribution is 2.24. The second-order valence-corrected chi connectivity index (χ2v) is 4.61. The van der Waals surface area contributed by atoms with Crippen LogP contribution in [0.2, 0.25) is 0 Å². The van der Waals surface area contributed by atoms with Gasteiger partial charge < -0.3 is 9.84 Å². The van der Waals surface area contributed by atoms with E-state index in [1.807, 2.05) is 24.3 Å². The lowest BCUT2D eigenvalue weighted by molar-refractivity contribution is 0.306. The molecule has 3 rings (SSSR count). The number of hydrogen-bond acceptors (Lipinski definition) is 2. The minimum Gasteiger partial charge on any atom is -0.508 e. The summed E-state index contributed by atoms with van der Waals surface area (Å²) in [7, 11) is 0. The molecule has 100 valence electrons. The van der Waals surface area contributed by atoms with E-state index in [-0.39, 0.29) is 11.6 Å². The topological polar surface area (TPSA) is 29.5 Å². The van der Waals surface area contributed by atoms with Gasteiger partial charge in [-0.3, -0.25) is 0 Å². The molecule has 0 spiro atoms. The molecule has 0 saturated carbocycles. The van der Waals surface area contributed by atoms with Crippen molar-refractivity contribution in [1.29, 1.82) is 0 Å². The van der Waals surface area contributed by atoms with Crippen LogP contribution in [0.4, 0.5) is 4.39 Å². The SMILES string of the molecule is Oc1ccc2ccc(OCc3ccc(F)cc3)cc2c1. The lowest BCUT2D eigenvalue weighted by atomic mass is 10.1. The predicted molar refractivity (Wildman–Crippen MR) is 76.3 cm³/mol. The van der Waals surface area contributed by atoms with E-state index in [0.717, 1.165) is 16.3 Å². The van der Waals surface area contributed by atoms with Crippen molar-refractivity contribution in [3.63, 3.8) is 0 Å². The van der Waals surface area contributed by atoms with E-state index in [4.69, 9.17) is 4.74 Å². The highest BCUT2D eigenvalue weighted by atomic mass is 19.1. The van der Waals surface area contributed by atoms with Crippen LogP contribution >= 0.6 is 0 Å². The lowest BCUT2D eigenvalue weighted by Crippen LogP contribution is -1.95.